The number of rotatable bonds is 17. The summed E-state index contributed by atoms with van der Waals surface area (Å²) in [5.41, 5.74) is 5.77. The molecule has 26 nitrogen and oxygen atoms in total. The number of aryl methyl sites for hydroxylation is 5. The number of benzene rings is 4. The van der Waals surface area contributed by atoms with Crippen LogP contribution in [0.15, 0.2) is 195 Å². The second-order valence-electron chi connectivity index (χ2n) is 23.5. The molecule has 111 heavy (non-hydrogen) atoms. The van der Waals surface area contributed by atoms with E-state index < -0.39 is 58.5 Å². The summed E-state index contributed by atoms with van der Waals surface area (Å²) in [7, 11) is 0. The number of nitrogens with one attached hydrogen (secondary N) is 4. The van der Waals surface area contributed by atoms with E-state index in [4.69, 9.17) is 26.9 Å². The fourth-order valence-electron chi connectivity index (χ4n) is 9.75. The lowest BCUT2D eigenvalue weighted by molar-refractivity contribution is 0.0525. The number of hydrogen-bond acceptors (Lipinski definition) is 20. The fraction of sp³-hybridized carbons (Fsp3) is 0.105. The molecule has 0 spiro atoms. The van der Waals surface area contributed by atoms with Crippen molar-refractivity contribution in [2.24, 2.45) is 0 Å². The van der Waals surface area contributed by atoms with E-state index >= 15 is 0 Å². The lowest BCUT2D eigenvalue weighted by Crippen LogP contribution is -2.09. The monoisotopic (exact) mass is 1530 g/mol. The topological polar surface area (TPSA) is 333 Å². The third-order valence-corrected chi connectivity index (χ3v) is 15.0. The van der Waals surface area contributed by atoms with Crippen LogP contribution in [-0.2, 0) is 11.3 Å². The van der Waals surface area contributed by atoms with Gasteiger partial charge in [-0.2, -0.15) is 36.0 Å². The first-order valence-electron chi connectivity index (χ1n) is 32.7. The number of esters is 1. The highest BCUT2D eigenvalue weighted by Gasteiger charge is 2.18. The summed E-state index contributed by atoms with van der Waals surface area (Å²) in [4.78, 5) is 44.7. The van der Waals surface area contributed by atoms with Crippen LogP contribution < -0.4 is 21.3 Å². The molecule has 0 atom stereocenters. The molecule has 0 fully saturated rings. The molecular formula is C76H60ClF8N21O5. The van der Waals surface area contributed by atoms with Crippen LogP contribution in [0, 0.1) is 104 Å². The summed E-state index contributed by atoms with van der Waals surface area (Å²) in [5.74, 6) is -4.53. The summed E-state index contributed by atoms with van der Waals surface area (Å²) in [6.07, 6.45) is 8.54. The number of ether oxygens (including phenoxy) is 1. The Hall–Kier alpha value is -14.5. The average Bonchev–Trinajstić information content (AvgIpc) is 1.81. The van der Waals surface area contributed by atoms with Gasteiger partial charge >= 0.3 is 11.9 Å². The number of nitrogens with zero attached hydrogens (tertiary/aromatic N) is 17. The highest BCUT2D eigenvalue weighted by molar-refractivity contribution is 6.29. The summed E-state index contributed by atoms with van der Waals surface area (Å²) >= 11 is 5.78. The first-order valence-corrected chi connectivity index (χ1v) is 33.1. The highest BCUT2D eigenvalue weighted by atomic mass is 35.5. The van der Waals surface area contributed by atoms with Gasteiger partial charge in [0.25, 0.3) is 0 Å². The molecule has 0 saturated heterocycles. The molecule has 562 valence electrons. The molecule has 0 radical (unpaired) electrons. The van der Waals surface area contributed by atoms with Crippen molar-refractivity contribution in [3.63, 3.8) is 0 Å². The normalized spacial score (nSPS) is 10.5. The molecule has 14 rings (SSSR count). The van der Waals surface area contributed by atoms with E-state index in [0.29, 0.717) is 45.8 Å². The molecule has 35 heteroatoms. The number of carbonyl (C=O) groups excluding carboxylic acids is 1. The van der Waals surface area contributed by atoms with E-state index in [1.807, 2.05) is 52.0 Å². The van der Waals surface area contributed by atoms with Crippen molar-refractivity contribution in [2.75, 3.05) is 27.9 Å². The van der Waals surface area contributed by atoms with Gasteiger partial charge in [-0.3, -0.25) is 0 Å². The van der Waals surface area contributed by atoms with Crippen LogP contribution in [0.5, 0.6) is 0 Å². The lowest BCUT2D eigenvalue weighted by Gasteiger charge is -2.11. The third-order valence-electron chi connectivity index (χ3n) is 14.8. The van der Waals surface area contributed by atoms with E-state index in [1.165, 1.54) is 74.7 Å². The molecule has 0 aliphatic carbocycles. The fourth-order valence-corrected chi connectivity index (χ4v) is 9.95. The number of aromatic nitrogens is 15. The third kappa shape index (κ3) is 21.8. The number of carbonyl (C=O) groups is 2. The smallest absolute Gasteiger partial charge is 0.338 e. The Kier molecular flexibility index (Phi) is 25.8. The maximum Gasteiger partial charge on any atom is 0.338 e. The Bertz CT molecular complexity index is 5800. The van der Waals surface area contributed by atoms with E-state index in [-0.39, 0.29) is 75.5 Å². The number of nitriles is 2. The second-order valence-corrected chi connectivity index (χ2v) is 23.9. The van der Waals surface area contributed by atoms with Crippen LogP contribution in [0.4, 0.5) is 81.1 Å². The summed E-state index contributed by atoms with van der Waals surface area (Å²) in [6, 6.07) is 40.6. The molecule has 4 aromatic carbocycles. The van der Waals surface area contributed by atoms with Crippen molar-refractivity contribution in [3.8, 4) is 41.2 Å². The van der Waals surface area contributed by atoms with E-state index in [9.17, 15) is 54.9 Å². The van der Waals surface area contributed by atoms with Gasteiger partial charge in [0.15, 0.2) is 29.1 Å². The van der Waals surface area contributed by atoms with Crippen LogP contribution >= 0.6 is 11.6 Å². The Morgan fingerprint density at radius 2 is 0.721 bits per heavy atom. The van der Waals surface area contributed by atoms with Crippen molar-refractivity contribution in [2.45, 2.75) is 48.1 Å². The van der Waals surface area contributed by atoms with Gasteiger partial charge in [0, 0.05) is 67.4 Å². The van der Waals surface area contributed by atoms with Gasteiger partial charge in [-0.1, -0.05) is 11.6 Å². The van der Waals surface area contributed by atoms with Gasteiger partial charge in [-0.15, -0.1) is 0 Å². The number of carboxylic acid groups (broad SMARTS) is 1. The van der Waals surface area contributed by atoms with Gasteiger partial charge < -0.3 is 36.2 Å². The molecule has 0 saturated carbocycles. The number of hydrogen-bond donors (Lipinski definition) is 6. The molecule has 0 amide bonds. The highest BCUT2D eigenvalue weighted by Crippen LogP contribution is 2.28. The second kappa shape index (κ2) is 36.2. The van der Waals surface area contributed by atoms with E-state index in [1.54, 1.807) is 96.7 Å². The minimum atomic E-state index is -1.16. The number of aliphatic hydroxyl groups is 1. The molecule has 0 bridgehead atoms. The molecule has 6 N–H and O–H groups in total. The quantitative estimate of drug-likeness (QED) is 0.0280. The summed E-state index contributed by atoms with van der Waals surface area (Å²) in [5, 5.41) is 68.8. The molecule has 14 aromatic rings. The van der Waals surface area contributed by atoms with Gasteiger partial charge in [-0.05, 0) is 174 Å². The molecule has 10 aromatic heterocycles. The summed E-state index contributed by atoms with van der Waals surface area (Å²) in [6.45, 7) is 10.9. The van der Waals surface area contributed by atoms with Crippen molar-refractivity contribution < 1.29 is 59.7 Å². The predicted molar refractivity (Wildman–Crippen MR) is 392 cm³/mol. The number of aromatic carboxylic acids is 1. The Morgan fingerprint density at radius 1 is 0.414 bits per heavy atom. The van der Waals surface area contributed by atoms with Gasteiger partial charge in [0.1, 0.15) is 75.0 Å². The average molecular weight is 1530 g/mol. The first kappa shape index (κ1) is 79.1. The molecule has 10 heterocycles. The minimum Gasteiger partial charge on any atom is -0.478 e. The molecular weight excluding hydrogens is 1470 g/mol. The zero-order valence-electron chi connectivity index (χ0n) is 59.0. The Labute approximate surface area is 630 Å². The van der Waals surface area contributed by atoms with Gasteiger partial charge in [-0.25, -0.2) is 93.0 Å². The van der Waals surface area contributed by atoms with Gasteiger partial charge in [0.2, 0.25) is 0 Å². The Balaban J connectivity index is 0.000000149. The number of aliphatic hydroxyl groups excluding tert-OH is 1. The maximum atomic E-state index is 13.9. The lowest BCUT2D eigenvalue weighted by atomic mass is 10.2. The van der Waals surface area contributed by atoms with Crippen molar-refractivity contribution in [1.29, 1.82) is 10.5 Å². The molecule has 0 aliphatic heterocycles. The van der Waals surface area contributed by atoms with Crippen LogP contribution in [0.25, 0.3) is 29.1 Å². The van der Waals surface area contributed by atoms with Crippen LogP contribution in [0.3, 0.4) is 0 Å². The Morgan fingerprint density at radius 3 is 1.04 bits per heavy atom. The standard InChI is InChI=1S/C18H16F2N4O2.C16H11F2N5.C16H12F2N4O2.C16H14F2N4O.C10H7ClN4/c1-3-26-18(25)12-8-16(21-15-5-4-13(19)10-14(15)20)22-17(9-12)24-7-6-11(2)23-24;1-10-4-5-23(22-10)16-7-11(9-19)6-15(21-16)20-14-3-2-12(17)8-13(14)18;1-9-4-5-22(21-9)15-7-10(16(23)24)6-14(20-15)19-13-3-2-11(17)8-12(13)18;1-10-4-5-22(21-10)16-7-11(9-23)6-15(20-16)19-14-3-2-12(17)8-13(14)18;1-7-2-3-15(14-7)10-5-8(6-12)4-9(11)13-10/h4-10H,3H2,1-2H3,(H,21,22);2-8H,1H3,(H,20,21);2-8H,1H3,(H,19,20)(H,23,24);2-8,23H,9H2,1H3,(H,19,20);2-5H,1H3. The predicted octanol–water partition coefficient (Wildman–Crippen LogP) is 15.7. The largest absolute Gasteiger partial charge is 0.478 e. The number of halogens is 9. The van der Waals surface area contributed by atoms with Crippen LogP contribution in [0.2, 0.25) is 5.15 Å². The minimum absolute atomic E-state index is 0.0194. The van der Waals surface area contributed by atoms with E-state index in [2.05, 4.69) is 71.7 Å². The number of pyridine rings is 5. The van der Waals surface area contributed by atoms with E-state index in [0.717, 1.165) is 77.0 Å². The first-order chi connectivity index (χ1) is 53.2. The van der Waals surface area contributed by atoms with Crippen molar-refractivity contribution in [3.05, 3.63) is 303 Å². The number of anilines is 8. The number of carboxylic acids is 1. The van der Waals surface area contributed by atoms with Gasteiger partial charge in [0.05, 0.1) is 98.8 Å². The SMILES string of the molecule is CCOC(=O)c1cc(Nc2ccc(F)cc2F)nc(-n2ccc(C)n2)c1.Cc1ccn(-c2cc(C#N)cc(Cl)n2)n1.Cc1ccn(-c2cc(C#N)cc(Nc3ccc(F)cc3F)n2)n1.Cc1ccn(-c2cc(C(=O)O)cc(Nc3ccc(F)cc3F)n2)n1.Cc1ccn(-c2cc(CO)cc(Nc3ccc(F)cc3F)n2)n1. The molecule has 0 aliphatic rings. The van der Waals surface area contributed by atoms with Crippen LogP contribution in [0.1, 0.15) is 72.8 Å². The summed E-state index contributed by atoms with van der Waals surface area (Å²) < 4.78 is 120. The molecule has 0 unspecified atom stereocenters. The maximum absolute atomic E-state index is 13.9. The van der Waals surface area contributed by atoms with Crippen molar-refractivity contribution in [1.82, 2.24) is 73.8 Å². The zero-order valence-corrected chi connectivity index (χ0v) is 59.8. The van der Waals surface area contributed by atoms with Crippen LogP contribution in [-0.4, -0.2) is 103 Å². The van der Waals surface area contributed by atoms with Crippen molar-refractivity contribution >= 4 is 69.6 Å². The zero-order chi connectivity index (χ0) is 79.6.